The van der Waals surface area contributed by atoms with E-state index in [9.17, 15) is 9.59 Å². The molecule has 1 saturated carbocycles. The first-order valence-corrected chi connectivity index (χ1v) is 9.81. The molecule has 5 rings (SSSR count). The van der Waals surface area contributed by atoms with Crippen molar-refractivity contribution >= 4 is 11.8 Å². The van der Waals surface area contributed by atoms with Crippen molar-refractivity contribution in [2.45, 2.75) is 58.2 Å². The van der Waals surface area contributed by atoms with Gasteiger partial charge in [0, 0.05) is 23.8 Å². The van der Waals surface area contributed by atoms with Crippen LogP contribution in [0, 0.1) is 5.92 Å². The van der Waals surface area contributed by atoms with E-state index in [0.717, 1.165) is 49.1 Å². The summed E-state index contributed by atoms with van der Waals surface area (Å²) in [6.45, 7) is 3.85. The predicted molar refractivity (Wildman–Crippen MR) is 97.2 cm³/mol. The van der Waals surface area contributed by atoms with Gasteiger partial charge in [0.25, 0.3) is 11.8 Å². The molecule has 3 heterocycles. The van der Waals surface area contributed by atoms with Crippen molar-refractivity contribution in [2.24, 2.45) is 5.92 Å². The number of aromatic nitrogens is 4. The summed E-state index contributed by atoms with van der Waals surface area (Å²) in [5.41, 5.74) is 4.10. The van der Waals surface area contributed by atoms with E-state index in [0.29, 0.717) is 43.0 Å². The number of rotatable bonds is 3. The Morgan fingerprint density at radius 3 is 2.93 bits per heavy atom. The SMILES string of the molecule is C[C@H]1CCc2[nH]nc(C(=O)N3CCn4nc(C(=O)NC5CC5)cc4C3)c2C1. The van der Waals surface area contributed by atoms with Crippen LogP contribution in [0.1, 0.15) is 64.1 Å². The maximum atomic E-state index is 13.1. The molecule has 0 unspecified atom stereocenters. The molecular weight excluding hydrogens is 344 g/mol. The highest BCUT2D eigenvalue weighted by Gasteiger charge is 2.31. The molecule has 3 aliphatic rings. The van der Waals surface area contributed by atoms with E-state index in [2.05, 4.69) is 27.5 Å². The van der Waals surface area contributed by atoms with Crippen LogP contribution in [0.4, 0.5) is 0 Å². The van der Waals surface area contributed by atoms with E-state index in [1.807, 2.05) is 9.58 Å². The molecule has 1 aliphatic heterocycles. The number of carbonyl (C=O) groups excluding carboxylic acids is 2. The van der Waals surface area contributed by atoms with E-state index in [1.54, 1.807) is 6.07 Å². The lowest BCUT2D eigenvalue weighted by atomic mass is 9.87. The molecule has 8 nitrogen and oxygen atoms in total. The van der Waals surface area contributed by atoms with Crippen molar-refractivity contribution in [3.05, 3.63) is 34.4 Å². The van der Waals surface area contributed by atoms with Crippen LogP contribution in [0.2, 0.25) is 0 Å². The summed E-state index contributed by atoms with van der Waals surface area (Å²) in [4.78, 5) is 27.1. The summed E-state index contributed by atoms with van der Waals surface area (Å²) >= 11 is 0. The molecule has 0 bridgehead atoms. The maximum absolute atomic E-state index is 13.1. The Morgan fingerprint density at radius 2 is 2.11 bits per heavy atom. The molecule has 1 fully saturated rings. The first-order valence-electron chi connectivity index (χ1n) is 9.81. The lowest BCUT2D eigenvalue weighted by Gasteiger charge is -2.27. The smallest absolute Gasteiger partial charge is 0.275 e. The van der Waals surface area contributed by atoms with Gasteiger partial charge in [0.1, 0.15) is 0 Å². The highest BCUT2D eigenvalue weighted by atomic mass is 16.2. The largest absolute Gasteiger partial charge is 0.348 e. The summed E-state index contributed by atoms with van der Waals surface area (Å²) in [6, 6.07) is 2.11. The molecule has 2 amide bonds. The number of H-pyrrole nitrogens is 1. The Hall–Kier alpha value is -2.64. The van der Waals surface area contributed by atoms with Gasteiger partial charge in [-0.15, -0.1) is 0 Å². The van der Waals surface area contributed by atoms with Gasteiger partial charge in [-0.2, -0.15) is 10.2 Å². The second-order valence-corrected chi connectivity index (χ2v) is 8.10. The Balaban J connectivity index is 1.33. The average Bonchev–Trinajstić information content (AvgIpc) is 3.22. The highest BCUT2D eigenvalue weighted by molar-refractivity contribution is 5.94. The number of fused-ring (bicyclic) bond motifs is 2. The molecule has 142 valence electrons. The third-order valence-electron chi connectivity index (χ3n) is 5.83. The van der Waals surface area contributed by atoms with Gasteiger partial charge in [-0.1, -0.05) is 6.92 Å². The van der Waals surface area contributed by atoms with Crippen molar-refractivity contribution in [1.29, 1.82) is 0 Å². The third kappa shape index (κ3) is 3.02. The lowest BCUT2D eigenvalue weighted by molar-refractivity contribution is 0.0698. The van der Waals surface area contributed by atoms with Gasteiger partial charge in [-0.3, -0.25) is 19.4 Å². The van der Waals surface area contributed by atoms with E-state index in [-0.39, 0.29) is 11.8 Å². The first-order chi connectivity index (χ1) is 13.1. The molecule has 2 aromatic heterocycles. The molecular formula is C19H24N6O2. The van der Waals surface area contributed by atoms with Gasteiger partial charge in [-0.25, -0.2) is 0 Å². The van der Waals surface area contributed by atoms with E-state index >= 15 is 0 Å². The van der Waals surface area contributed by atoms with Gasteiger partial charge < -0.3 is 10.2 Å². The second kappa shape index (κ2) is 6.21. The summed E-state index contributed by atoms with van der Waals surface area (Å²) < 4.78 is 1.84. The first kappa shape index (κ1) is 16.5. The maximum Gasteiger partial charge on any atom is 0.275 e. The van der Waals surface area contributed by atoms with Crippen LogP contribution in [0.3, 0.4) is 0 Å². The summed E-state index contributed by atoms with van der Waals surface area (Å²) in [5, 5.41) is 14.8. The molecule has 27 heavy (non-hydrogen) atoms. The van der Waals surface area contributed by atoms with Crippen LogP contribution < -0.4 is 5.32 Å². The topological polar surface area (TPSA) is 95.9 Å². The minimum absolute atomic E-state index is 0.0296. The fraction of sp³-hybridized carbons (Fsp3) is 0.579. The van der Waals surface area contributed by atoms with Crippen LogP contribution in [-0.4, -0.2) is 49.3 Å². The Bertz CT molecular complexity index is 909. The van der Waals surface area contributed by atoms with Crippen LogP contribution in [0.25, 0.3) is 0 Å². The lowest BCUT2D eigenvalue weighted by Crippen LogP contribution is -2.39. The second-order valence-electron chi connectivity index (χ2n) is 8.10. The van der Waals surface area contributed by atoms with Gasteiger partial charge in [0.05, 0.1) is 18.8 Å². The van der Waals surface area contributed by atoms with Crippen LogP contribution in [-0.2, 0) is 25.9 Å². The minimum Gasteiger partial charge on any atom is -0.348 e. The van der Waals surface area contributed by atoms with Crippen molar-refractivity contribution in [3.63, 3.8) is 0 Å². The zero-order chi connectivity index (χ0) is 18.5. The minimum atomic E-state index is -0.118. The number of nitrogens with zero attached hydrogens (tertiary/aromatic N) is 4. The molecule has 0 radical (unpaired) electrons. The van der Waals surface area contributed by atoms with Crippen molar-refractivity contribution in [3.8, 4) is 0 Å². The third-order valence-corrected chi connectivity index (χ3v) is 5.83. The molecule has 2 N–H and O–H groups in total. The van der Waals surface area contributed by atoms with Gasteiger partial charge in [0.2, 0.25) is 0 Å². The standard InChI is InChI=1S/C19H24N6O2/c1-11-2-5-15-14(8-11)17(22-21-15)19(27)24-6-7-25-13(10-24)9-16(23-25)18(26)20-12-3-4-12/h9,11-12H,2-8,10H2,1H3,(H,20,26)(H,21,22)/t11-/m0/s1. The number of nitrogens with one attached hydrogen (secondary N) is 2. The normalized spacial score (nSPS) is 21.5. The Kier molecular flexibility index (Phi) is 3.80. The molecule has 0 saturated heterocycles. The quantitative estimate of drug-likeness (QED) is 0.853. The zero-order valence-corrected chi connectivity index (χ0v) is 15.5. The fourth-order valence-corrected chi connectivity index (χ4v) is 4.03. The number of hydrogen-bond donors (Lipinski definition) is 2. The van der Waals surface area contributed by atoms with E-state index in [4.69, 9.17) is 0 Å². The molecule has 2 aliphatic carbocycles. The highest BCUT2D eigenvalue weighted by Crippen LogP contribution is 2.27. The number of hydrogen-bond acceptors (Lipinski definition) is 4. The van der Waals surface area contributed by atoms with Crippen molar-refractivity contribution < 1.29 is 9.59 Å². The van der Waals surface area contributed by atoms with Crippen molar-refractivity contribution in [2.75, 3.05) is 6.54 Å². The van der Waals surface area contributed by atoms with Crippen molar-refractivity contribution in [1.82, 2.24) is 30.2 Å². The zero-order valence-electron chi connectivity index (χ0n) is 15.5. The van der Waals surface area contributed by atoms with Crippen LogP contribution >= 0.6 is 0 Å². The molecule has 0 aromatic carbocycles. The summed E-state index contributed by atoms with van der Waals surface area (Å²) in [5.74, 6) is 0.433. The van der Waals surface area contributed by atoms with Gasteiger partial charge >= 0.3 is 0 Å². The van der Waals surface area contributed by atoms with E-state index < -0.39 is 0 Å². The van der Waals surface area contributed by atoms with E-state index in [1.165, 1.54) is 0 Å². The Labute approximate surface area is 157 Å². The molecule has 0 spiro atoms. The van der Waals surface area contributed by atoms with Gasteiger partial charge in [-0.05, 0) is 44.1 Å². The Morgan fingerprint density at radius 1 is 1.26 bits per heavy atom. The predicted octanol–water partition coefficient (Wildman–Crippen LogP) is 1.28. The average molecular weight is 368 g/mol. The fourth-order valence-electron chi connectivity index (χ4n) is 4.03. The van der Waals surface area contributed by atoms with Gasteiger partial charge in [0.15, 0.2) is 11.4 Å². The molecule has 2 aromatic rings. The number of carbonyl (C=O) groups is 2. The summed E-state index contributed by atoms with van der Waals surface area (Å²) in [6.07, 6.45) is 5.10. The number of amides is 2. The number of aryl methyl sites for hydroxylation is 1. The summed E-state index contributed by atoms with van der Waals surface area (Å²) in [7, 11) is 0. The monoisotopic (exact) mass is 368 g/mol. The molecule has 8 heteroatoms. The van der Waals surface area contributed by atoms with Crippen LogP contribution in [0.15, 0.2) is 6.07 Å². The number of aromatic amines is 1. The van der Waals surface area contributed by atoms with Crippen LogP contribution in [0.5, 0.6) is 0 Å². The molecule has 1 atom stereocenters.